The number of carbonyl (C=O) groups excluding carboxylic acids is 2. The molecular weight excluding hydrogens is 284 g/mol. The largest absolute Gasteiger partial charge is 0.480 e. The van der Waals surface area contributed by atoms with Gasteiger partial charge in [-0.3, -0.25) is 14.4 Å². The van der Waals surface area contributed by atoms with Crippen LogP contribution in [0.3, 0.4) is 0 Å². The van der Waals surface area contributed by atoms with Gasteiger partial charge in [-0.15, -0.1) is 0 Å². The summed E-state index contributed by atoms with van der Waals surface area (Å²) >= 11 is 0. The summed E-state index contributed by atoms with van der Waals surface area (Å²) < 4.78 is 0. The summed E-state index contributed by atoms with van der Waals surface area (Å²) in [5.74, 6) is -2.05. The minimum absolute atomic E-state index is 0.00185. The highest BCUT2D eigenvalue weighted by Crippen LogP contribution is 2.22. The molecule has 22 heavy (non-hydrogen) atoms. The molecular formula is C16H22N2O4. The minimum atomic E-state index is -1.13. The van der Waals surface area contributed by atoms with Gasteiger partial charge in [-0.25, -0.2) is 0 Å². The molecule has 0 saturated carbocycles. The zero-order valence-electron chi connectivity index (χ0n) is 13.3. The fourth-order valence-corrected chi connectivity index (χ4v) is 1.74. The Bertz CT molecular complexity index is 559. The molecule has 0 aliphatic heterocycles. The van der Waals surface area contributed by atoms with E-state index < -0.39 is 17.9 Å². The molecule has 0 fully saturated rings. The lowest BCUT2D eigenvalue weighted by atomic mass is 9.87. The first kappa shape index (κ1) is 17.7. The molecule has 0 radical (unpaired) electrons. The summed E-state index contributed by atoms with van der Waals surface area (Å²) in [5.41, 5.74) is 1.56. The maximum Gasteiger partial charge on any atom is 0.325 e. The van der Waals surface area contributed by atoms with Gasteiger partial charge in [-0.05, 0) is 30.0 Å². The van der Waals surface area contributed by atoms with Gasteiger partial charge in [0.05, 0.1) is 6.54 Å². The van der Waals surface area contributed by atoms with E-state index in [1.165, 1.54) is 6.92 Å². The highest BCUT2D eigenvalue weighted by atomic mass is 16.4. The molecule has 0 bridgehead atoms. The van der Waals surface area contributed by atoms with E-state index in [0.717, 1.165) is 5.56 Å². The van der Waals surface area contributed by atoms with Crippen molar-refractivity contribution in [1.29, 1.82) is 0 Å². The summed E-state index contributed by atoms with van der Waals surface area (Å²) in [5, 5.41) is 13.4. The fourth-order valence-electron chi connectivity index (χ4n) is 1.74. The molecule has 120 valence electrons. The number of hydrogen-bond acceptors (Lipinski definition) is 3. The third-order valence-corrected chi connectivity index (χ3v) is 3.17. The number of aliphatic carboxylic acids is 1. The summed E-state index contributed by atoms with van der Waals surface area (Å²) in [6.07, 6.45) is 0. The zero-order valence-corrected chi connectivity index (χ0v) is 13.3. The van der Waals surface area contributed by atoms with Gasteiger partial charge in [0.2, 0.25) is 5.91 Å². The lowest BCUT2D eigenvalue weighted by Gasteiger charge is -2.19. The van der Waals surface area contributed by atoms with Crippen LogP contribution in [0.5, 0.6) is 0 Å². The molecule has 1 rings (SSSR count). The first-order chi connectivity index (χ1) is 10.1. The first-order valence-electron chi connectivity index (χ1n) is 7.02. The summed E-state index contributed by atoms with van der Waals surface area (Å²) in [7, 11) is 0. The van der Waals surface area contributed by atoms with Crippen molar-refractivity contribution in [1.82, 2.24) is 10.6 Å². The molecule has 3 N–H and O–H groups in total. The maximum atomic E-state index is 11.9. The standard InChI is InChI=1S/C16H22N2O4/c1-10(15(21)22)18-13(19)9-17-14(20)11-5-7-12(8-6-11)16(2,3)4/h5-8,10H,9H2,1-4H3,(H,17,20)(H,18,19)(H,21,22)/t10-/m1/s1. The van der Waals surface area contributed by atoms with Crippen LogP contribution in [0.1, 0.15) is 43.6 Å². The molecule has 0 aromatic heterocycles. The predicted molar refractivity (Wildman–Crippen MR) is 82.7 cm³/mol. The Hall–Kier alpha value is -2.37. The average Bonchev–Trinajstić information content (AvgIpc) is 2.43. The number of carbonyl (C=O) groups is 3. The molecule has 0 unspecified atom stereocenters. The molecule has 6 nitrogen and oxygen atoms in total. The third-order valence-electron chi connectivity index (χ3n) is 3.17. The number of rotatable bonds is 5. The highest BCUT2D eigenvalue weighted by Gasteiger charge is 2.16. The van der Waals surface area contributed by atoms with Gasteiger partial charge < -0.3 is 15.7 Å². The Morgan fingerprint density at radius 1 is 1.14 bits per heavy atom. The van der Waals surface area contributed by atoms with Crippen molar-refractivity contribution in [2.75, 3.05) is 6.54 Å². The van der Waals surface area contributed by atoms with E-state index in [1.807, 2.05) is 12.1 Å². The summed E-state index contributed by atoms with van der Waals surface area (Å²) in [6, 6.07) is 6.17. The number of amides is 2. The molecule has 2 amide bonds. The number of hydrogen-bond donors (Lipinski definition) is 3. The average molecular weight is 306 g/mol. The van der Waals surface area contributed by atoms with Crippen molar-refractivity contribution in [3.63, 3.8) is 0 Å². The van der Waals surface area contributed by atoms with Gasteiger partial charge in [0.15, 0.2) is 0 Å². The molecule has 1 aromatic carbocycles. The van der Waals surface area contributed by atoms with E-state index in [4.69, 9.17) is 5.11 Å². The monoisotopic (exact) mass is 306 g/mol. The maximum absolute atomic E-state index is 11.9. The second kappa shape index (κ2) is 7.06. The number of benzene rings is 1. The van der Waals surface area contributed by atoms with Gasteiger partial charge in [-0.1, -0.05) is 32.9 Å². The van der Waals surface area contributed by atoms with Crippen molar-refractivity contribution in [2.24, 2.45) is 0 Å². The van der Waals surface area contributed by atoms with Crippen LogP contribution >= 0.6 is 0 Å². The Labute approximate surface area is 129 Å². The SMILES string of the molecule is C[C@@H](NC(=O)CNC(=O)c1ccc(C(C)(C)C)cc1)C(=O)O. The van der Waals surface area contributed by atoms with Crippen LogP contribution in [0, 0.1) is 0 Å². The minimum Gasteiger partial charge on any atom is -0.480 e. The second-order valence-electron chi connectivity index (χ2n) is 6.14. The third kappa shape index (κ3) is 5.20. The Morgan fingerprint density at radius 2 is 1.68 bits per heavy atom. The smallest absolute Gasteiger partial charge is 0.325 e. The van der Waals surface area contributed by atoms with Crippen molar-refractivity contribution in [3.8, 4) is 0 Å². The molecule has 0 heterocycles. The number of nitrogens with one attached hydrogen (secondary N) is 2. The van der Waals surface area contributed by atoms with Crippen LogP contribution in [0.15, 0.2) is 24.3 Å². The molecule has 6 heteroatoms. The Balaban J connectivity index is 2.56. The lowest BCUT2D eigenvalue weighted by Crippen LogP contribution is -2.44. The summed E-state index contributed by atoms with van der Waals surface area (Å²) in [4.78, 5) is 34.0. The number of carboxylic acid groups (broad SMARTS) is 1. The topological polar surface area (TPSA) is 95.5 Å². The second-order valence-corrected chi connectivity index (χ2v) is 6.14. The zero-order chi connectivity index (χ0) is 16.9. The van der Waals surface area contributed by atoms with Gasteiger partial charge in [-0.2, -0.15) is 0 Å². The van der Waals surface area contributed by atoms with E-state index in [9.17, 15) is 14.4 Å². The number of carboxylic acids is 1. The van der Waals surface area contributed by atoms with E-state index in [0.29, 0.717) is 5.56 Å². The van der Waals surface area contributed by atoms with Gasteiger partial charge in [0.25, 0.3) is 5.91 Å². The molecule has 0 aliphatic carbocycles. The van der Waals surface area contributed by atoms with Crippen LogP contribution in [-0.4, -0.2) is 35.5 Å². The Morgan fingerprint density at radius 3 is 2.14 bits per heavy atom. The van der Waals surface area contributed by atoms with Crippen LogP contribution in [-0.2, 0) is 15.0 Å². The van der Waals surface area contributed by atoms with E-state index in [1.54, 1.807) is 12.1 Å². The van der Waals surface area contributed by atoms with Crippen LogP contribution < -0.4 is 10.6 Å². The van der Waals surface area contributed by atoms with Crippen molar-refractivity contribution in [3.05, 3.63) is 35.4 Å². The molecule has 0 saturated heterocycles. The van der Waals surface area contributed by atoms with Gasteiger partial charge >= 0.3 is 5.97 Å². The lowest BCUT2D eigenvalue weighted by molar-refractivity contribution is -0.141. The van der Waals surface area contributed by atoms with Crippen LogP contribution in [0.25, 0.3) is 0 Å². The molecule has 1 aromatic rings. The first-order valence-corrected chi connectivity index (χ1v) is 7.02. The van der Waals surface area contributed by atoms with E-state index in [-0.39, 0.29) is 17.9 Å². The molecule has 0 aliphatic rings. The quantitative estimate of drug-likeness (QED) is 0.764. The van der Waals surface area contributed by atoms with Gasteiger partial charge in [0, 0.05) is 5.56 Å². The summed E-state index contributed by atoms with van der Waals surface area (Å²) in [6.45, 7) is 7.33. The van der Waals surface area contributed by atoms with E-state index in [2.05, 4.69) is 31.4 Å². The van der Waals surface area contributed by atoms with Gasteiger partial charge in [0.1, 0.15) is 6.04 Å². The van der Waals surface area contributed by atoms with Crippen molar-refractivity contribution >= 4 is 17.8 Å². The normalized spacial score (nSPS) is 12.4. The van der Waals surface area contributed by atoms with Crippen molar-refractivity contribution in [2.45, 2.75) is 39.2 Å². The fraction of sp³-hybridized carbons (Fsp3) is 0.438. The van der Waals surface area contributed by atoms with Crippen molar-refractivity contribution < 1.29 is 19.5 Å². The van der Waals surface area contributed by atoms with Crippen LogP contribution in [0.2, 0.25) is 0 Å². The van der Waals surface area contributed by atoms with E-state index >= 15 is 0 Å². The molecule has 0 spiro atoms. The Kier molecular flexibility index (Phi) is 5.68. The van der Waals surface area contributed by atoms with Crippen LogP contribution in [0.4, 0.5) is 0 Å². The molecule has 1 atom stereocenters. The predicted octanol–water partition coefficient (Wildman–Crippen LogP) is 1.30. The highest BCUT2D eigenvalue weighted by molar-refractivity contribution is 5.96.